The predicted molar refractivity (Wildman–Crippen MR) is 82.1 cm³/mol. The SMILES string of the molecule is CCCOc1ccc(C(C)(CO)NC2CCCC2)cc1. The maximum atomic E-state index is 9.82. The van der Waals surface area contributed by atoms with E-state index in [0.717, 1.165) is 24.3 Å². The van der Waals surface area contributed by atoms with Gasteiger partial charge in [0.15, 0.2) is 0 Å². The molecule has 1 atom stereocenters. The molecule has 1 aromatic rings. The number of hydrogen-bond acceptors (Lipinski definition) is 3. The Balaban J connectivity index is 2.05. The second kappa shape index (κ2) is 7.09. The van der Waals surface area contributed by atoms with E-state index < -0.39 is 0 Å². The number of hydrogen-bond donors (Lipinski definition) is 2. The summed E-state index contributed by atoms with van der Waals surface area (Å²) < 4.78 is 5.61. The normalized spacial score (nSPS) is 18.9. The summed E-state index contributed by atoms with van der Waals surface area (Å²) in [5.74, 6) is 0.900. The zero-order valence-electron chi connectivity index (χ0n) is 12.7. The highest BCUT2D eigenvalue weighted by Crippen LogP contribution is 2.27. The van der Waals surface area contributed by atoms with Gasteiger partial charge in [-0.25, -0.2) is 0 Å². The van der Waals surface area contributed by atoms with Gasteiger partial charge in [-0.2, -0.15) is 0 Å². The molecule has 112 valence electrons. The fourth-order valence-electron chi connectivity index (χ4n) is 2.88. The molecule has 0 heterocycles. The molecule has 20 heavy (non-hydrogen) atoms. The van der Waals surface area contributed by atoms with Crippen LogP contribution in [0.3, 0.4) is 0 Å². The maximum Gasteiger partial charge on any atom is 0.119 e. The molecule has 1 unspecified atom stereocenters. The Kier molecular flexibility index (Phi) is 5.44. The fourth-order valence-corrected chi connectivity index (χ4v) is 2.88. The van der Waals surface area contributed by atoms with Crippen LogP contribution in [-0.2, 0) is 5.54 Å². The summed E-state index contributed by atoms with van der Waals surface area (Å²) in [6, 6.07) is 8.64. The van der Waals surface area contributed by atoms with Crippen molar-refractivity contribution in [1.82, 2.24) is 5.32 Å². The van der Waals surface area contributed by atoms with E-state index in [4.69, 9.17) is 4.74 Å². The highest BCUT2D eigenvalue weighted by molar-refractivity contribution is 5.32. The van der Waals surface area contributed by atoms with Gasteiger partial charge in [0.1, 0.15) is 5.75 Å². The lowest BCUT2D eigenvalue weighted by molar-refractivity contribution is 0.161. The van der Waals surface area contributed by atoms with Crippen LogP contribution in [0.4, 0.5) is 0 Å². The zero-order chi connectivity index (χ0) is 14.4. The molecule has 2 N–H and O–H groups in total. The second-order valence-electron chi connectivity index (χ2n) is 5.99. The van der Waals surface area contributed by atoms with Crippen LogP contribution in [0.2, 0.25) is 0 Å². The largest absolute Gasteiger partial charge is 0.494 e. The van der Waals surface area contributed by atoms with Crippen molar-refractivity contribution in [2.45, 2.75) is 57.5 Å². The smallest absolute Gasteiger partial charge is 0.119 e. The molecule has 0 aromatic heterocycles. The monoisotopic (exact) mass is 277 g/mol. The third kappa shape index (κ3) is 3.74. The Morgan fingerprint density at radius 1 is 1.25 bits per heavy atom. The van der Waals surface area contributed by atoms with E-state index in [0.29, 0.717) is 6.04 Å². The summed E-state index contributed by atoms with van der Waals surface area (Å²) in [4.78, 5) is 0. The summed E-state index contributed by atoms with van der Waals surface area (Å²) in [6.07, 6.45) is 6.03. The topological polar surface area (TPSA) is 41.5 Å². The molecule has 3 heteroatoms. The van der Waals surface area contributed by atoms with Crippen molar-refractivity contribution in [3.8, 4) is 5.75 Å². The molecule has 0 bridgehead atoms. The molecule has 1 fully saturated rings. The molecule has 1 saturated carbocycles. The van der Waals surface area contributed by atoms with E-state index in [-0.39, 0.29) is 12.1 Å². The van der Waals surface area contributed by atoms with Gasteiger partial charge >= 0.3 is 0 Å². The van der Waals surface area contributed by atoms with Gasteiger partial charge in [-0.05, 0) is 43.9 Å². The van der Waals surface area contributed by atoms with Crippen LogP contribution in [0.1, 0.15) is 51.5 Å². The van der Waals surface area contributed by atoms with Crippen LogP contribution in [0, 0.1) is 0 Å². The number of aliphatic hydroxyl groups is 1. The lowest BCUT2D eigenvalue weighted by Crippen LogP contribution is -2.47. The first-order chi connectivity index (χ1) is 9.68. The first-order valence-electron chi connectivity index (χ1n) is 7.80. The van der Waals surface area contributed by atoms with Crippen molar-refractivity contribution in [2.75, 3.05) is 13.2 Å². The van der Waals surface area contributed by atoms with Gasteiger partial charge in [-0.1, -0.05) is 31.9 Å². The highest BCUT2D eigenvalue weighted by Gasteiger charge is 2.29. The van der Waals surface area contributed by atoms with E-state index in [1.807, 2.05) is 12.1 Å². The molecular weight excluding hydrogens is 250 g/mol. The van der Waals surface area contributed by atoms with E-state index in [1.54, 1.807) is 0 Å². The molecule has 0 saturated heterocycles. The lowest BCUT2D eigenvalue weighted by atomic mass is 9.91. The summed E-state index contributed by atoms with van der Waals surface area (Å²) >= 11 is 0. The van der Waals surface area contributed by atoms with Gasteiger partial charge in [0.05, 0.1) is 18.8 Å². The van der Waals surface area contributed by atoms with Crippen molar-refractivity contribution in [2.24, 2.45) is 0 Å². The molecule has 3 nitrogen and oxygen atoms in total. The van der Waals surface area contributed by atoms with E-state index in [9.17, 15) is 5.11 Å². The Hall–Kier alpha value is -1.06. The number of benzene rings is 1. The minimum absolute atomic E-state index is 0.110. The number of ether oxygens (including phenoxy) is 1. The van der Waals surface area contributed by atoms with Gasteiger partial charge in [0.25, 0.3) is 0 Å². The second-order valence-corrected chi connectivity index (χ2v) is 5.99. The Morgan fingerprint density at radius 3 is 2.45 bits per heavy atom. The van der Waals surface area contributed by atoms with E-state index in [2.05, 4.69) is 31.3 Å². The molecule has 1 aliphatic rings. The standard InChI is InChI=1S/C17H27NO2/c1-3-12-20-16-10-8-14(9-11-16)17(2,13-19)18-15-6-4-5-7-15/h8-11,15,18-19H,3-7,12-13H2,1-2H3. The van der Waals surface area contributed by atoms with Crippen molar-refractivity contribution in [3.05, 3.63) is 29.8 Å². The van der Waals surface area contributed by atoms with Crippen LogP contribution < -0.4 is 10.1 Å². The molecule has 0 radical (unpaired) electrons. The molecular formula is C17H27NO2. The van der Waals surface area contributed by atoms with Crippen LogP contribution in [-0.4, -0.2) is 24.4 Å². The van der Waals surface area contributed by atoms with Crippen molar-refractivity contribution in [3.63, 3.8) is 0 Å². The van der Waals surface area contributed by atoms with Crippen molar-refractivity contribution in [1.29, 1.82) is 0 Å². The first kappa shape index (κ1) is 15.3. The molecule has 0 spiro atoms. The number of nitrogens with one attached hydrogen (secondary N) is 1. The maximum absolute atomic E-state index is 9.82. The van der Waals surface area contributed by atoms with Gasteiger partial charge < -0.3 is 15.2 Å². The Bertz CT molecular complexity index is 398. The highest BCUT2D eigenvalue weighted by atomic mass is 16.5. The average Bonchev–Trinajstić information content (AvgIpc) is 2.98. The molecule has 0 amide bonds. The van der Waals surface area contributed by atoms with Crippen LogP contribution >= 0.6 is 0 Å². The van der Waals surface area contributed by atoms with Gasteiger partial charge in [-0.15, -0.1) is 0 Å². The van der Waals surface area contributed by atoms with Crippen LogP contribution in [0.5, 0.6) is 5.75 Å². The van der Waals surface area contributed by atoms with E-state index >= 15 is 0 Å². The third-order valence-electron chi connectivity index (χ3n) is 4.16. The van der Waals surface area contributed by atoms with Gasteiger partial charge in [0.2, 0.25) is 0 Å². The summed E-state index contributed by atoms with van der Waals surface area (Å²) in [6.45, 7) is 5.03. The van der Waals surface area contributed by atoms with Crippen LogP contribution in [0.25, 0.3) is 0 Å². The predicted octanol–water partition coefficient (Wildman–Crippen LogP) is 3.22. The summed E-state index contributed by atoms with van der Waals surface area (Å²) in [5, 5.41) is 13.4. The molecule has 1 aromatic carbocycles. The Labute approximate surface area is 122 Å². The van der Waals surface area contributed by atoms with Crippen molar-refractivity contribution >= 4 is 0 Å². The van der Waals surface area contributed by atoms with Gasteiger partial charge in [0, 0.05) is 6.04 Å². The van der Waals surface area contributed by atoms with Crippen molar-refractivity contribution < 1.29 is 9.84 Å². The lowest BCUT2D eigenvalue weighted by Gasteiger charge is -2.33. The molecule has 0 aliphatic heterocycles. The third-order valence-corrected chi connectivity index (χ3v) is 4.16. The summed E-state index contributed by atoms with van der Waals surface area (Å²) in [5.41, 5.74) is 0.758. The fraction of sp³-hybridized carbons (Fsp3) is 0.647. The number of rotatable bonds is 7. The molecule has 1 aliphatic carbocycles. The minimum Gasteiger partial charge on any atom is -0.494 e. The first-order valence-corrected chi connectivity index (χ1v) is 7.80. The average molecular weight is 277 g/mol. The van der Waals surface area contributed by atoms with E-state index in [1.165, 1.54) is 25.7 Å². The van der Waals surface area contributed by atoms with Gasteiger partial charge in [-0.3, -0.25) is 0 Å². The minimum atomic E-state index is -0.363. The Morgan fingerprint density at radius 2 is 1.90 bits per heavy atom. The molecule has 2 rings (SSSR count). The number of aliphatic hydroxyl groups excluding tert-OH is 1. The quantitative estimate of drug-likeness (QED) is 0.804. The van der Waals surface area contributed by atoms with Crippen LogP contribution in [0.15, 0.2) is 24.3 Å². The summed E-state index contributed by atoms with van der Waals surface area (Å²) in [7, 11) is 0. The zero-order valence-corrected chi connectivity index (χ0v) is 12.7.